The van der Waals surface area contributed by atoms with Gasteiger partial charge in [0, 0.05) is 0 Å². The average molecular weight is 168 g/mol. The molecule has 4 heteroatoms. The lowest BCUT2D eigenvalue weighted by atomic mass is 10.4. The Morgan fingerprint density at radius 3 is 0.917 bits per heavy atom. The van der Waals surface area contributed by atoms with Crippen LogP contribution in [0, 0.1) is 0 Å². The number of hydrogen-bond donors (Lipinski definition) is 2. The molecule has 0 aliphatic carbocycles. The van der Waals surface area contributed by atoms with Crippen molar-refractivity contribution in [1.82, 2.24) is 0 Å². The lowest BCUT2D eigenvalue weighted by molar-refractivity contribution is -0.159. The summed E-state index contributed by atoms with van der Waals surface area (Å²) in [6.07, 6.45) is 0. The fourth-order valence-corrected chi connectivity index (χ4v) is 0.385. The standard InChI is InChI=1S/C6H6.C2H2O4/c1-2-4-6-5-3-1;3-1(4)2(5)6/h1-6H;(H,3,4)(H,5,6). The molecule has 0 unspecified atom stereocenters. The number of hydrogen-bond acceptors (Lipinski definition) is 2. The van der Waals surface area contributed by atoms with E-state index in [-0.39, 0.29) is 0 Å². The van der Waals surface area contributed by atoms with Crippen LogP contribution in [0.5, 0.6) is 0 Å². The van der Waals surface area contributed by atoms with E-state index in [0.717, 1.165) is 0 Å². The molecule has 1 aromatic rings. The van der Waals surface area contributed by atoms with Crippen molar-refractivity contribution in [3.05, 3.63) is 36.4 Å². The van der Waals surface area contributed by atoms with E-state index < -0.39 is 11.9 Å². The number of carboxylic acid groups (broad SMARTS) is 2. The first-order valence-electron chi connectivity index (χ1n) is 3.11. The van der Waals surface area contributed by atoms with Crippen molar-refractivity contribution >= 4 is 11.9 Å². The van der Waals surface area contributed by atoms with E-state index in [4.69, 9.17) is 19.8 Å². The summed E-state index contributed by atoms with van der Waals surface area (Å²) in [5.41, 5.74) is 0. The minimum Gasteiger partial charge on any atom is -0.473 e. The molecule has 4 nitrogen and oxygen atoms in total. The molecule has 1 rings (SSSR count). The molecule has 2 N–H and O–H groups in total. The monoisotopic (exact) mass is 168 g/mol. The minimum absolute atomic E-state index is 1.82. The second kappa shape index (κ2) is 5.91. The Morgan fingerprint density at radius 1 is 0.667 bits per heavy atom. The lowest BCUT2D eigenvalue weighted by Crippen LogP contribution is -2.09. The predicted octanol–water partition coefficient (Wildman–Crippen LogP) is 0.842. The van der Waals surface area contributed by atoms with Gasteiger partial charge in [-0.15, -0.1) is 0 Å². The zero-order valence-corrected chi connectivity index (χ0v) is 6.18. The molecule has 64 valence electrons. The van der Waals surface area contributed by atoms with Crippen LogP contribution in [0.4, 0.5) is 0 Å². The van der Waals surface area contributed by atoms with Crippen LogP contribution in [-0.4, -0.2) is 22.2 Å². The summed E-state index contributed by atoms with van der Waals surface area (Å²) in [5.74, 6) is -3.65. The smallest absolute Gasteiger partial charge is 0.414 e. The van der Waals surface area contributed by atoms with E-state index in [0.29, 0.717) is 0 Å². The topological polar surface area (TPSA) is 74.6 Å². The van der Waals surface area contributed by atoms with Crippen LogP contribution in [0.1, 0.15) is 0 Å². The zero-order chi connectivity index (χ0) is 9.40. The van der Waals surface area contributed by atoms with Crippen molar-refractivity contribution in [2.24, 2.45) is 0 Å². The van der Waals surface area contributed by atoms with Crippen molar-refractivity contribution < 1.29 is 19.8 Å². The van der Waals surface area contributed by atoms with Gasteiger partial charge in [0.05, 0.1) is 0 Å². The van der Waals surface area contributed by atoms with Crippen LogP contribution in [0.25, 0.3) is 0 Å². The van der Waals surface area contributed by atoms with Gasteiger partial charge in [0.1, 0.15) is 0 Å². The van der Waals surface area contributed by atoms with Crippen LogP contribution >= 0.6 is 0 Å². The summed E-state index contributed by atoms with van der Waals surface area (Å²) in [7, 11) is 0. The number of carboxylic acids is 2. The Balaban J connectivity index is 0.000000202. The van der Waals surface area contributed by atoms with Gasteiger partial charge in [-0.1, -0.05) is 36.4 Å². The van der Waals surface area contributed by atoms with E-state index in [9.17, 15) is 0 Å². The van der Waals surface area contributed by atoms with Gasteiger partial charge in [0.15, 0.2) is 0 Å². The number of aliphatic carboxylic acids is 2. The molecular formula is C8H8O4. The van der Waals surface area contributed by atoms with E-state index >= 15 is 0 Å². The Kier molecular flexibility index (Phi) is 5.00. The van der Waals surface area contributed by atoms with E-state index in [2.05, 4.69) is 0 Å². The molecule has 0 saturated carbocycles. The second-order valence-electron chi connectivity index (χ2n) is 1.77. The minimum atomic E-state index is -1.82. The highest BCUT2D eigenvalue weighted by molar-refractivity contribution is 6.27. The van der Waals surface area contributed by atoms with Gasteiger partial charge in [-0.25, -0.2) is 9.59 Å². The van der Waals surface area contributed by atoms with Crippen molar-refractivity contribution in [2.45, 2.75) is 0 Å². The van der Waals surface area contributed by atoms with E-state index in [1.165, 1.54) is 0 Å². The maximum Gasteiger partial charge on any atom is 0.414 e. The van der Waals surface area contributed by atoms with E-state index in [1.807, 2.05) is 36.4 Å². The van der Waals surface area contributed by atoms with Crippen LogP contribution in [0.3, 0.4) is 0 Å². The molecule has 0 atom stereocenters. The highest BCUT2D eigenvalue weighted by Crippen LogP contribution is 1.79. The fraction of sp³-hybridized carbons (Fsp3) is 0. The molecule has 0 aliphatic heterocycles. The van der Waals surface area contributed by atoms with Crippen molar-refractivity contribution in [1.29, 1.82) is 0 Å². The number of benzene rings is 1. The van der Waals surface area contributed by atoms with Crippen LogP contribution < -0.4 is 0 Å². The molecule has 12 heavy (non-hydrogen) atoms. The Bertz CT molecular complexity index is 204. The summed E-state index contributed by atoms with van der Waals surface area (Å²) in [6, 6.07) is 12.0. The highest BCUT2D eigenvalue weighted by Gasteiger charge is 2.04. The van der Waals surface area contributed by atoms with Gasteiger partial charge in [-0.05, 0) is 0 Å². The van der Waals surface area contributed by atoms with Gasteiger partial charge in [-0.2, -0.15) is 0 Å². The predicted molar refractivity (Wildman–Crippen MR) is 41.7 cm³/mol. The van der Waals surface area contributed by atoms with Gasteiger partial charge < -0.3 is 10.2 Å². The summed E-state index contributed by atoms with van der Waals surface area (Å²) >= 11 is 0. The van der Waals surface area contributed by atoms with Crippen molar-refractivity contribution in [3.63, 3.8) is 0 Å². The van der Waals surface area contributed by atoms with Crippen LogP contribution in [0.2, 0.25) is 0 Å². The first-order chi connectivity index (χ1) is 5.64. The third kappa shape index (κ3) is 6.28. The average Bonchev–Trinajstić information content (AvgIpc) is 2.08. The summed E-state index contributed by atoms with van der Waals surface area (Å²) in [6.45, 7) is 0. The highest BCUT2D eigenvalue weighted by atomic mass is 16.4. The second-order valence-corrected chi connectivity index (χ2v) is 1.77. The van der Waals surface area contributed by atoms with Gasteiger partial charge in [0.2, 0.25) is 0 Å². The molecule has 1 aromatic carbocycles. The third-order valence-electron chi connectivity index (χ3n) is 0.850. The van der Waals surface area contributed by atoms with Gasteiger partial charge >= 0.3 is 11.9 Å². The molecule has 0 aromatic heterocycles. The molecule has 0 aliphatic rings. The Hall–Kier alpha value is -1.84. The number of rotatable bonds is 0. The largest absolute Gasteiger partial charge is 0.473 e. The Labute approximate surface area is 69.1 Å². The maximum absolute atomic E-state index is 9.10. The molecule has 0 heterocycles. The summed E-state index contributed by atoms with van der Waals surface area (Å²) < 4.78 is 0. The summed E-state index contributed by atoms with van der Waals surface area (Å²) in [5, 5.41) is 14.8. The molecule has 0 radical (unpaired) electrons. The summed E-state index contributed by atoms with van der Waals surface area (Å²) in [4.78, 5) is 18.2. The van der Waals surface area contributed by atoms with Crippen LogP contribution in [-0.2, 0) is 9.59 Å². The third-order valence-corrected chi connectivity index (χ3v) is 0.850. The zero-order valence-electron chi connectivity index (χ0n) is 6.18. The lowest BCUT2D eigenvalue weighted by Gasteiger charge is -1.72. The molecular weight excluding hydrogens is 160 g/mol. The molecule has 0 fully saturated rings. The SMILES string of the molecule is O=C(O)C(=O)O.c1ccccc1. The van der Waals surface area contributed by atoms with Crippen molar-refractivity contribution in [3.8, 4) is 0 Å². The van der Waals surface area contributed by atoms with Gasteiger partial charge in [-0.3, -0.25) is 0 Å². The molecule has 0 spiro atoms. The van der Waals surface area contributed by atoms with E-state index in [1.54, 1.807) is 0 Å². The maximum atomic E-state index is 9.10. The first-order valence-corrected chi connectivity index (χ1v) is 3.11. The molecule has 0 amide bonds. The quantitative estimate of drug-likeness (QED) is 0.563. The molecule has 0 saturated heterocycles. The van der Waals surface area contributed by atoms with Crippen molar-refractivity contribution in [2.75, 3.05) is 0 Å². The van der Waals surface area contributed by atoms with Crippen LogP contribution in [0.15, 0.2) is 36.4 Å². The number of carbonyl (C=O) groups is 2. The first kappa shape index (κ1) is 10.2. The Morgan fingerprint density at radius 2 is 0.833 bits per heavy atom. The normalized spacial score (nSPS) is 7.67. The molecule has 0 bridgehead atoms. The van der Waals surface area contributed by atoms with Gasteiger partial charge in [0.25, 0.3) is 0 Å². The fourth-order valence-electron chi connectivity index (χ4n) is 0.385.